The number of nitrogens with zero attached hydrogens (tertiary/aromatic N) is 3. The monoisotopic (exact) mass is 498 g/mol. The molecule has 34 heavy (non-hydrogen) atoms. The van der Waals surface area contributed by atoms with Crippen molar-refractivity contribution in [3.8, 4) is 0 Å². The molecule has 0 aliphatic carbocycles. The Morgan fingerprint density at radius 2 is 1.85 bits per heavy atom. The minimum atomic E-state index is -4.99. The Morgan fingerprint density at radius 3 is 2.47 bits per heavy atom. The van der Waals surface area contributed by atoms with Crippen LogP contribution in [0.2, 0.25) is 0 Å². The molecule has 1 amide bonds. The number of anilines is 2. The van der Waals surface area contributed by atoms with Gasteiger partial charge in [-0.15, -0.1) is 3.89 Å². The molecule has 13 heteroatoms. The SMILES string of the molecule is C[C@H]1CN(c2ccc(C(F)(F)F)cc2)C(=O)c2c(NC(O)c3cccc(S(=O)(=O)F)c3)cnn21. The topological polar surface area (TPSA) is 105 Å². The molecule has 1 aliphatic rings. The van der Waals surface area contributed by atoms with Crippen molar-refractivity contribution in [3.63, 3.8) is 0 Å². The highest BCUT2D eigenvalue weighted by Gasteiger charge is 2.35. The van der Waals surface area contributed by atoms with Crippen molar-refractivity contribution in [2.45, 2.75) is 30.3 Å². The van der Waals surface area contributed by atoms with Crippen molar-refractivity contribution < 1.29 is 35.4 Å². The van der Waals surface area contributed by atoms with E-state index in [-0.39, 0.29) is 35.2 Å². The third-order valence-electron chi connectivity index (χ3n) is 5.36. The maximum absolute atomic E-state index is 13.3. The third-order valence-corrected chi connectivity index (χ3v) is 6.18. The zero-order valence-corrected chi connectivity index (χ0v) is 18.3. The van der Waals surface area contributed by atoms with Gasteiger partial charge in [0.05, 0.1) is 28.4 Å². The molecule has 0 saturated carbocycles. The van der Waals surface area contributed by atoms with Crippen LogP contribution in [0.4, 0.5) is 28.4 Å². The second kappa shape index (κ2) is 8.40. The van der Waals surface area contributed by atoms with Gasteiger partial charge < -0.3 is 15.3 Å². The van der Waals surface area contributed by atoms with Crippen molar-refractivity contribution in [2.75, 3.05) is 16.8 Å². The number of hydrogen-bond acceptors (Lipinski definition) is 6. The third kappa shape index (κ3) is 4.48. The number of carbonyl (C=O) groups excluding carboxylic acids is 1. The number of benzene rings is 2. The quantitative estimate of drug-likeness (QED) is 0.314. The molecule has 1 aliphatic heterocycles. The summed E-state index contributed by atoms with van der Waals surface area (Å²) in [6.07, 6.45) is -4.73. The van der Waals surface area contributed by atoms with Crippen molar-refractivity contribution >= 4 is 27.5 Å². The lowest BCUT2D eigenvalue weighted by molar-refractivity contribution is -0.137. The molecule has 0 radical (unpaired) electrons. The van der Waals surface area contributed by atoms with E-state index in [0.29, 0.717) is 0 Å². The number of carbonyl (C=O) groups is 1. The summed E-state index contributed by atoms with van der Waals surface area (Å²) < 4.78 is 75.7. The van der Waals surface area contributed by atoms with Crippen molar-refractivity contribution in [1.82, 2.24) is 9.78 Å². The average Bonchev–Trinajstić information content (AvgIpc) is 3.20. The molecule has 0 saturated heterocycles. The van der Waals surface area contributed by atoms with Gasteiger partial charge in [0.1, 0.15) is 5.69 Å². The number of alkyl halides is 3. The Hall–Kier alpha value is -3.45. The van der Waals surface area contributed by atoms with E-state index in [9.17, 15) is 35.4 Å². The fourth-order valence-corrected chi connectivity index (χ4v) is 4.21. The van der Waals surface area contributed by atoms with Gasteiger partial charge in [-0.3, -0.25) is 9.48 Å². The average molecular weight is 498 g/mol. The number of aromatic nitrogens is 2. The van der Waals surface area contributed by atoms with E-state index < -0.39 is 39.0 Å². The van der Waals surface area contributed by atoms with Crippen LogP contribution in [0, 0.1) is 0 Å². The molecule has 0 fully saturated rings. The van der Waals surface area contributed by atoms with Crippen molar-refractivity contribution in [2.24, 2.45) is 0 Å². The van der Waals surface area contributed by atoms with Crippen molar-refractivity contribution in [1.29, 1.82) is 0 Å². The lowest BCUT2D eigenvalue weighted by Gasteiger charge is -2.32. The van der Waals surface area contributed by atoms with E-state index in [0.717, 1.165) is 24.3 Å². The van der Waals surface area contributed by atoms with Crippen LogP contribution in [-0.2, 0) is 16.4 Å². The molecule has 8 nitrogen and oxygen atoms in total. The summed E-state index contributed by atoms with van der Waals surface area (Å²) in [6.45, 7) is 1.91. The Kier molecular flexibility index (Phi) is 5.85. The molecule has 2 atom stereocenters. The maximum atomic E-state index is 13.3. The van der Waals surface area contributed by atoms with Gasteiger partial charge in [0.25, 0.3) is 5.91 Å². The number of nitrogens with one attached hydrogen (secondary N) is 1. The minimum Gasteiger partial charge on any atom is -0.369 e. The molecule has 0 bridgehead atoms. The first kappa shape index (κ1) is 23.7. The molecule has 1 aromatic heterocycles. The summed E-state index contributed by atoms with van der Waals surface area (Å²) >= 11 is 0. The van der Waals surface area contributed by atoms with E-state index in [1.807, 2.05) is 0 Å². The first-order valence-electron chi connectivity index (χ1n) is 9.92. The number of halogens is 4. The minimum absolute atomic E-state index is 0.0228. The van der Waals surface area contributed by atoms with E-state index in [1.165, 1.54) is 40.0 Å². The summed E-state index contributed by atoms with van der Waals surface area (Å²) in [4.78, 5) is 13.9. The first-order valence-corrected chi connectivity index (χ1v) is 11.3. The van der Waals surface area contributed by atoms with Crippen LogP contribution in [0.1, 0.15) is 40.8 Å². The van der Waals surface area contributed by atoms with Crippen LogP contribution in [0.15, 0.2) is 59.6 Å². The number of hydrogen-bond donors (Lipinski definition) is 2. The summed E-state index contributed by atoms with van der Waals surface area (Å²) in [5.74, 6) is -0.565. The molecule has 3 aromatic rings. The van der Waals surface area contributed by atoms with E-state index in [4.69, 9.17) is 0 Å². The zero-order chi connectivity index (χ0) is 24.8. The van der Waals surface area contributed by atoms with Gasteiger partial charge in [-0.2, -0.15) is 26.7 Å². The lowest BCUT2D eigenvalue weighted by atomic mass is 10.1. The molecular weight excluding hydrogens is 480 g/mol. The molecule has 180 valence electrons. The molecule has 1 unspecified atom stereocenters. The highest BCUT2D eigenvalue weighted by atomic mass is 32.3. The highest BCUT2D eigenvalue weighted by molar-refractivity contribution is 7.86. The summed E-state index contributed by atoms with van der Waals surface area (Å²) in [7, 11) is -4.99. The van der Waals surface area contributed by atoms with Gasteiger partial charge in [0.2, 0.25) is 0 Å². The largest absolute Gasteiger partial charge is 0.416 e. The Labute approximate surface area is 191 Å². The molecule has 2 heterocycles. The Balaban J connectivity index is 1.62. The van der Waals surface area contributed by atoms with Gasteiger partial charge in [0.15, 0.2) is 6.23 Å². The summed E-state index contributed by atoms with van der Waals surface area (Å²) in [5, 5.41) is 17.3. The predicted molar refractivity (Wildman–Crippen MR) is 113 cm³/mol. The number of fused-ring (bicyclic) bond motifs is 1. The van der Waals surface area contributed by atoms with E-state index in [2.05, 4.69) is 10.4 Å². The fraction of sp³-hybridized carbons (Fsp3) is 0.238. The van der Waals surface area contributed by atoms with Gasteiger partial charge in [0, 0.05) is 17.8 Å². The summed E-state index contributed by atoms with van der Waals surface area (Å²) in [6, 6.07) is 8.41. The maximum Gasteiger partial charge on any atom is 0.416 e. The first-order chi connectivity index (χ1) is 15.9. The molecule has 4 rings (SSSR count). The predicted octanol–water partition coefficient (Wildman–Crippen LogP) is 3.88. The molecule has 0 spiro atoms. The Morgan fingerprint density at radius 1 is 1.18 bits per heavy atom. The number of rotatable bonds is 5. The van der Waals surface area contributed by atoms with E-state index >= 15 is 0 Å². The van der Waals surface area contributed by atoms with Gasteiger partial charge in [-0.25, -0.2) is 0 Å². The van der Waals surface area contributed by atoms with E-state index in [1.54, 1.807) is 6.92 Å². The zero-order valence-electron chi connectivity index (χ0n) is 17.5. The fourth-order valence-electron chi connectivity index (χ4n) is 3.69. The van der Waals surface area contributed by atoms with Crippen LogP contribution < -0.4 is 10.2 Å². The van der Waals surface area contributed by atoms with Gasteiger partial charge in [-0.05, 0) is 43.3 Å². The molecular formula is C21H18F4N4O4S. The van der Waals surface area contributed by atoms with Gasteiger partial charge >= 0.3 is 16.4 Å². The second-order valence-electron chi connectivity index (χ2n) is 7.72. The Bertz CT molecular complexity index is 1340. The number of aliphatic hydroxyl groups is 1. The van der Waals surface area contributed by atoms with Crippen LogP contribution in [0.25, 0.3) is 0 Å². The smallest absolute Gasteiger partial charge is 0.369 e. The molecule has 2 aromatic carbocycles. The van der Waals surface area contributed by atoms with Crippen LogP contribution in [-0.4, -0.2) is 35.8 Å². The van der Waals surface area contributed by atoms with Crippen molar-refractivity contribution in [3.05, 3.63) is 71.5 Å². The van der Waals surface area contributed by atoms with Crippen LogP contribution >= 0.6 is 0 Å². The van der Waals surface area contributed by atoms with Crippen LogP contribution in [0.5, 0.6) is 0 Å². The summed E-state index contributed by atoms with van der Waals surface area (Å²) in [5.41, 5.74) is -0.414. The normalized spacial score (nSPS) is 17.4. The highest BCUT2D eigenvalue weighted by Crippen LogP contribution is 2.34. The van der Waals surface area contributed by atoms with Crippen LogP contribution in [0.3, 0.4) is 0 Å². The second-order valence-corrected chi connectivity index (χ2v) is 9.07. The number of aliphatic hydroxyl groups excluding tert-OH is 1. The lowest BCUT2D eigenvalue weighted by Crippen LogP contribution is -2.43. The molecule has 2 N–H and O–H groups in total. The number of amides is 1. The van der Waals surface area contributed by atoms with Gasteiger partial charge in [-0.1, -0.05) is 12.1 Å². The standard InChI is InChI=1S/C21H18F4N4O4S/c1-12-11-28(15-7-5-14(6-8-15)21(22,23)24)20(31)18-17(10-26-29(12)18)27-19(30)13-3-2-4-16(9-13)34(25,32)33/h2-10,12,19,27,30H,11H2,1H3/t12-,19?/m0/s1.